The van der Waals surface area contributed by atoms with Crippen LogP contribution in [-0.4, -0.2) is 16.5 Å². The lowest BCUT2D eigenvalue weighted by Crippen LogP contribution is -1.90. The Morgan fingerprint density at radius 1 is 1.50 bits per heavy atom. The first-order valence-corrected chi connectivity index (χ1v) is 3.79. The van der Waals surface area contributed by atoms with Gasteiger partial charge in [-0.1, -0.05) is 6.07 Å². The van der Waals surface area contributed by atoms with E-state index in [1.54, 1.807) is 13.4 Å². The van der Waals surface area contributed by atoms with Gasteiger partial charge in [0.25, 0.3) is 0 Å². The van der Waals surface area contributed by atoms with Crippen molar-refractivity contribution in [2.24, 2.45) is 0 Å². The topological polar surface area (TPSA) is 26.5 Å². The maximum absolute atomic E-state index is 5.02. The van der Waals surface area contributed by atoms with Crippen molar-refractivity contribution in [3.8, 4) is 0 Å². The van der Waals surface area contributed by atoms with Gasteiger partial charge in [-0.15, -0.1) is 0 Å². The molecule has 0 aromatic carbocycles. The molecule has 62 valence electrons. The Kier molecular flexibility index (Phi) is 1.80. The summed E-state index contributed by atoms with van der Waals surface area (Å²) in [7, 11) is 1.69. The monoisotopic (exact) mass is 162 g/mol. The molecule has 2 aromatic rings. The molecule has 3 heteroatoms. The minimum absolute atomic E-state index is 0.647. The number of nitrogens with zero attached hydrogens (tertiary/aromatic N) is 2. The predicted molar refractivity (Wildman–Crippen MR) is 45.9 cm³/mol. The SMILES string of the molecule is COCc1ccc2cncn2c1. The third kappa shape index (κ3) is 1.19. The molecule has 0 N–H and O–H groups in total. The lowest BCUT2D eigenvalue weighted by molar-refractivity contribution is 0.184. The van der Waals surface area contributed by atoms with Gasteiger partial charge in [-0.05, 0) is 11.6 Å². The average Bonchev–Trinajstić information content (AvgIpc) is 2.51. The van der Waals surface area contributed by atoms with Crippen LogP contribution in [0.25, 0.3) is 5.52 Å². The minimum Gasteiger partial charge on any atom is -0.380 e. The molecule has 0 saturated carbocycles. The number of hydrogen-bond acceptors (Lipinski definition) is 2. The van der Waals surface area contributed by atoms with Gasteiger partial charge in [0.2, 0.25) is 0 Å². The smallest absolute Gasteiger partial charge is 0.0992 e. The first kappa shape index (κ1) is 7.31. The van der Waals surface area contributed by atoms with Crippen LogP contribution < -0.4 is 0 Å². The molecule has 0 bridgehead atoms. The highest BCUT2D eigenvalue weighted by molar-refractivity contribution is 5.45. The van der Waals surface area contributed by atoms with Crippen LogP contribution >= 0.6 is 0 Å². The van der Waals surface area contributed by atoms with Crippen molar-refractivity contribution in [2.45, 2.75) is 6.61 Å². The fourth-order valence-corrected chi connectivity index (χ4v) is 1.22. The van der Waals surface area contributed by atoms with E-state index in [9.17, 15) is 0 Å². The molecule has 0 saturated heterocycles. The maximum atomic E-state index is 5.02. The predicted octanol–water partition coefficient (Wildman–Crippen LogP) is 1.48. The van der Waals surface area contributed by atoms with E-state index in [0.29, 0.717) is 6.61 Å². The summed E-state index contributed by atoms with van der Waals surface area (Å²) in [6, 6.07) is 4.07. The summed E-state index contributed by atoms with van der Waals surface area (Å²) in [6.07, 6.45) is 5.64. The zero-order chi connectivity index (χ0) is 8.39. The van der Waals surface area contributed by atoms with E-state index >= 15 is 0 Å². The van der Waals surface area contributed by atoms with Crippen molar-refractivity contribution in [1.29, 1.82) is 0 Å². The summed E-state index contributed by atoms with van der Waals surface area (Å²) in [5.74, 6) is 0. The second-order valence-corrected chi connectivity index (χ2v) is 2.70. The first-order chi connectivity index (χ1) is 5.90. The van der Waals surface area contributed by atoms with Crippen LogP contribution in [0.5, 0.6) is 0 Å². The first-order valence-electron chi connectivity index (χ1n) is 3.79. The van der Waals surface area contributed by atoms with Crippen molar-refractivity contribution < 1.29 is 4.74 Å². The highest BCUT2D eigenvalue weighted by atomic mass is 16.5. The number of imidazole rings is 1. The third-order valence-corrected chi connectivity index (χ3v) is 1.78. The molecule has 0 fully saturated rings. The molecule has 0 aliphatic heterocycles. The number of methoxy groups -OCH3 is 1. The zero-order valence-electron chi connectivity index (χ0n) is 6.90. The van der Waals surface area contributed by atoms with Gasteiger partial charge >= 0.3 is 0 Å². The van der Waals surface area contributed by atoms with E-state index < -0.39 is 0 Å². The molecule has 2 rings (SSSR count). The molecule has 0 aliphatic rings. The Balaban J connectivity index is 2.46. The van der Waals surface area contributed by atoms with Crippen molar-refractivity contribution >= 4 is 5.52 Å². The summed E-state index contributed by atoms with van der Waals surface area (Å²) in [5, 5.41) is 0. The van der Waals surface area contributed by atoms with Gasteiger partial charge in [-0.2, -0.15) is 0 Å². The Morgan fingerprint density at radius 3 is 3.25 bits per heavy atom. The summed E-state index contributed by atoms with van der Waals surface area (Å²) in [5.41, 5.74) is 2.26. The molecule has 2 aromatic heterocycles. The molecule has 0 aliphatic carbocycles. The van der Waals surface area contributed by atoms with Gasteiger partial charge in [-0.25, -0.2) is 4.98 Å². The third-order valence-electron chi connectivity index (χ3n) is 1.78. The molecular formula is C9H10N2O. The Labute approximate surface area is 70.6 Å². The van der Waals surface area contributed by atoms with Crippen LogP contribution in [0.4, 0.5) is 0 Å². The van der Waals surface area contributed by atoms with Crippen LogP contribution in [0, 0.1) is 0 Å². The molecule has 0 atom stereocenters. The molecular weight excluding hydrogens is 152 g/mol. The lowest BCUT2D eigenvalue weighted by atomic mass is 10.3. The van der Waals surface area contributed by atoms with E-state index in [-0.39, 0.29) is 0 Å². The van der Waals surface area contributed by atoms with Gasteiger partial charge in [-0.3, -0.25) is 0 Å². The van der Waals surface area contributed by atoms with Gasteiger partial charge in [0, 0.05) is 13.3 Å². The fraction of sp³-hybridized carbons (Fsp3) is 0.222. The molecule has 12 heavy (non-hydrogen) atoms. The van der Waals surface area contributed by atoms with Crippen LogP contribution in [-0.2, 0) is 11.3 Å². The van der Waals surface area contributed by atoms with Crippen LogP contribution in [0.2, 0.25) is 0 Å². The Bertz CT molecular complexity index is 381. The van der Waals surface area contributed by atoms with E-state index in [2.05, 4.69) is 4.98 Å². The molecule has 0 amide bonds. The highest BCUT2D eigenvalue weighted by Crippen LogP contribution is 2.05. The largest absolute Gasteiger partial charge is 0.380 e. The summed E-state index contributed by atoms with van der Waals surface area (Å²) >= 11 is 0. The van der Waals surface area contributed by atoms with Crippen LogP contribution in [0.15, 0.2) is 30.9 Å². The van der Waals surface area contributed by atoms with Crippen LogP contribution in [0.3, 0.4) is 0 Å². The van der Waals surface area contributed by atoms with Crippen molar-refractivity contribution in [2.75, 3.05) is 7.11 Å². The molecule has 3 nitrogen and oxygen atoms in total. The van der Waals surface area contributed by atoms with Gasteiger partial charge in [0.05, 0.1) is 24.6 Å². The average molecular weight is 162 g/mol. The highest BCUT2D eigenvalue weighted by Gasteiger charge is 1.94. The van der Waals surface area contributed by atoms with Crippen LogP contribution in [0.1, 0.15) is 5.56 Å². The van der Waals surface area contributed by atoms with Crippen molar-refractivity contribution in [3.05, 3.63) is 36.4 Å². The normalized spacial score (nSPS) is 10.8. The minimum atomic E-state index is 0.647. The Morgan fingerprint density at radius 2 is 2.42 bits per heavy atom. The van der Waals surface area contributed by atoms with E-state index in [1.165, 1.54) is 0 Å². The Hall–Kier alpha value is -1.35. The fourth-order valence-electron chi connectivity index (χ4n) is 1.22. The van der Waals surface area contributed by atoms with E-state index in [1.807, 2.05) is 28.9 Å². The van der Waals surface area contributed by atoms with Gasteiger partial charge in [0.1, 0.15) is 0 Å². The van der Waals surface area contributed by atoms with Crippen molar-refractivity contribution in [3.63, 3.8) is 0 Å². The molecule has 0 unspecified atom stereocenters. The number of ether oxygens (including phenoxy) is 1. The second kappa shape index (κ2) is 2.95. The standard InChI is InChI=1S/C9H10N2O/c1-12-6-8-2-3-9-4-10-7-11(9)5-8/h2-5,7H,6H2,1H3. The molecule has 0 spiro atoms. The zero-order valence-corrected chi connectivity index (χ0v) is 6.90. The van der Waals surface area contributed by atoms with Gasteiger partial charge in [0.15, 0.2) is 0 Å². The van der Waals surface area contributed by atoms with Crippen molar-refractivity contribution in [1.82, 2.24) is 9.38 Å². The summed E-state index contributed by atoms with van der Waals surface area (Å²) in [6.45, 7) is 0.647. The summed E-state index contributed by atoms with van der Waals surface area (Å²) in [4.78, 5) is 4.02. The molecule has 0 radical (unpaired) electrons. The lowest BCUT2D eigenvalue weighted by Gasteiger charge is -1.99. The quantitative estimate of drug-likeness (QED) is 0.668. The number of rotatable bonds is 2. The van der Waals surface area contributed by atoms with E-state index in [0.717, 1.165) is 11.1 Å². The second-order valence-electron chi connectivity index (χ2n) is 2.70. The molecule has 2 heterocycles. The van der Waals surface area contributed by atoms with E-state index in [4.69, 9.17) is 4.74 Å². The number of pyridine rings is 1. The number of fused-ring (bicyclic) bond motifs is 1. The number of aromatic nitrogens is 2. The van der Waals surface area contributed by atoms with Gasteiger partial charge < -0.3 is 9.14 Å². The number of hydrogen-bond donors (Lipinski definition) is 0. The summed E-state index contributed by atoms with van der Waals surface area (Å²) < 4.78 is 7.00. The maximum Gasteiger partial charge on any atom is 0.0992 e.